The number of nitrogens with zero attached hydrogens (tertiary/aromatic N) is 2. The summed E-state index contributed by atoms with van der Waals surface area (Å²) >= 11 is 0. The molecule has 200 valence electrons. The summed E-state index contributed by atoms with van der Waals surface area (Å²) in [5, 5.41) is 2.70. The van der Waals surface area contributed by atoms with E-state index in [1.165, 1.54) is 7.11 Å². The summed E-state index contributed by atoms with van der Waals surface area (Å²) in [7, 11) is 0.882. The topological polar surface area (TPSA) is 106 Å². The number of carbonyl (C=O) groups is 2. The van der Waals surface area contributed by atoms with E-state index < -0.39 is 30.5 Å². The first-order chi connectivity index (χ1) is 17.3. The number of hydrogen-bond acceptors (Lipinski definition) is 6. The van der Waals surface area contributed by atoms with Crippen molar-refractivity contribution < 1.29 is 23.6 Å². The van der Waals surface area contributed by atoms with E-state index >= 15 is 0 Å². The number of carbonyl (C=O) groups excluding carboxylic acids is 2. The lowest BCUT2D eigenvalue weighted by Crippen LogP contribution is -2.51. The van der Waals surface area contributed by atoms with Gasteiger partial charge in [-0.2, -0.15) is 0 Å². The van der Waals surface area contributed by atoms with Crippen LogP contribution < -0.4 is 10.8 Å². The molecule has 2 fully saturated rings. The van der Waals surface area contributed by atoms with E-state index in [4.69, 9.17) is 14.0 Å². The number of ether oxygens (including phenoxy) is 1. The molecule has 9 nitrogen and oxygen atoms in total. The Morgan fingerprint density at radius 1 is 1.16 bits per heavy atom. The van der Waals surface area contributed by atoms with E-state index in [9.17, 15) is 9.59 Å². The summed E-state index contributed by atoms with van der Waals surface area (Å²) in [5.74, 6) is 0.841. The van der Waals surface area contributed by atoms with Gasteiger partial charge < -0.3 is 29.2 Å². The van der Waals surface area contributed by atoms with Gasteiger partial charge in [0.2, 0.25) is 5.91 Å². The van der Waals surface area contributed by atoms with Crippen LogP contribution in [0.1, 0.15) is 66.8 Å². The van der Waals surface area contributed by atoms with Crippen molar-refractivity contribution in [3.63, 3.8) is 0 Å². The van der Waals surface area contributed by atoms with Crippen molar-refractivity contribution >= 4 is 24.6 Å². The highest BCUT2D eigenvalue weighted by molar-refractivity contribution is 6.62. The van der Waals surface area contributed by atoms with Gasteiger partial charge in [0.1, 0.15) is 11.9 Å². The van der Waals surface area contributed by atoms with Crippen molar-refractivity contribution in [3.8, 4) is 11.3 Å². The number of rotatable bonds is 6. The number of aromatic amines is 1. The maximum absolute atomic E-state index is 13.5. The smallest absolute Gasteiger partial charge is 0.453 e. The molecule has 37 heavy (non-hydrogen) atoms. The molecule has 0 spiro atoms. The molecular formula is C27H39BN4O5. The molecule has 2 saturated heterocycles. The fraction of sp³-hybridized carbons (Fsp3) is 0.593. The second-order valence-corrected chi connectivity index (χ2v) is 11.6. The number of H-pyrrole nitrogens is 1. The lowest BCUT2D eigenvalue weighted by atomic mass is 9.79. The van der Waals surface area contributed by atoms with Crippen LogP contribution in [0, 0.1) is 11.8 Å². The molecule has 3 unspecified atom stereocenters. The highest BCUT2D eigenvalue weighted by atomic mass is 16.7. The monoisotopic (exact) mass is 510 g/mol. The lowest BCUT2D eigenvalue weighted by Gasteiger charge is -2.32. The maximum Gasteiger partial charge on any atom is 0.494 e. The van der Waals surface area contributed by atoms with Crippen molar-refractivity contribution in [2.45, 2.75) is 78.2 Å². The third kappa shape index (κ3) is 5.41. The van der Waals surface area contributed by atoms with Crippen molar-refractivity contribution in [2.24, 2.45) is 11.8 Å². The Hall–Kier alpha value is -2.85. The third-order valence-electron chi connectivity index (χ3n) is 7.84. The number of hydrogen-bond donors (Lipinski definition) is 2. The van der Waals surface area contributed by atoms with Gasteiger partial charge in [-0.3, -0.25) is 4.79 Å². The zero-order valence-corrected chi connectivity index (χ0v) is 23.1. The summed E-state index contributed by atoms with van der Waals surface area (Å²) in [6, 6.07) is 7.20. The SMILES string of the molecule is COC(=O)NC(C(=O)N1CC(C)CC1c1ncc(-c2ccc(B3OC(C)(C)C(C)(C)O3)cc2)[nH]1)C(C)C. The van der Waals surface area contributed by atoms with Crippen LogP contribution in [-0.4, -0.2) is 64.9 Å². The number of amides is 2. The Kier molecular flexibility index (Phi) is 7.45. The van der Waals surface area contributed by atoms with Crippen molar-refractivity contribution in [1.29, 1.82) is 0 Å². The number of nitrogens with one attached hydrogen (secondary N) is 2. The van der Waals surface area contributed by atoms with Gasteiger partial charge in [0.05, 0.1) is 36.2 Å². The molecule has 2 N–H and O–H groups in total. The molecule has 0 aliphatic carbocycles. The molecule has 0 saturated carbocycles. The standard InChI is InChI=1S/C27H39BN4O5/c1-16(2)22(31-25(34)35-8)24(33)32-15-17(3)13-21(32)23-29-14-20(30-23)18-9-11-19(12-10-18)28-36-26(4,5)27(6,7)37-28/h9-12,14,16-17,21-22H,13,15H2,1-8H3,(H,29,30)(H,31,34). The van der Waals surface area contributed by atoms with Crippen molar-refractivity contribution in [1.82, 2.24) is 20.2 Å². The highest BCUT2D eigenvalue weighted by Gasteiger charge is 2.51. The van der Waals surface area contributed by atoms with Crippen LogP contribution in [0.25, 0.3) is 11.3 Å². The molecule has 0 radical (unpaired) electrons. The van der Waals surface area contributed by atoms with Gasteiger partial charge in [-0.1, -0.05) is 45.0 Å². The summed E-state index contributed by atoms with van der Waals surface area (Å²) < 4.78 is 17.1. The average Bonchev–Trinajstić information content (AvgIpc) is 3.52. The molecular weight excluding hydrogens is 471 g/mol. The van der Waals surface area contributed by atoms with Gasteiger partial charge in [-0.15, -0.1) is 0 Å². The fourth-order valence-corrected chi connectivity index (χ4v) is 4.88. The molecule has 2 aromatic rings. The molecule has 10 heteroatoms. The second-order valence-electron chi connectivity index (χ2n) is 11.6. The third-order valence-corrected chi connectivity index (χ3v) is 7.84. The van der Waals surface area contributed by atoms with Crippen LogP contribution in [-0.2, 0) is 18.8 Å². The van der Waals surface area contributed by atoms with E-state index in [0.29, 0.717) is 12.5 Å². The Morgan fingerprint density at radius 2 is 1.78 bits per heavy atom. The number of benzene rings is 1. The van der Waals surface area contributed by atoms with E-state index in [-0.39, 0.29) is 17.9 Å². The van der Waals surface area contributed by atoms with Gasteiger partial charge >= 0.3 is 13.2 Å². The van der Waals surface area contributed by atoms with Gasteiger partial charge in [0.15, 0.2) is 0 Å². The zero-order valence-electron chi connectivity index (χ0n) is 23.1. The second kappa shape index (κ2) is 10.1. The number of aromatic nitrogens is 2. The Labute approximate surface area is 219 Å². The van der Waals surface area contributed by atoms with E-state index in [1.54, 1.807) is 6.20 Å². The molecule has 4 rings (SSSR count). The predicted octanol–water partition coefficient (Wildman–Crippen LogP) is 3.67. The Bertz CT molecular complexity index is 1110. The molecule has 1 aromatic carbocycles. The average molecular weight is 510 g/mol. The fourth-order valence-electron chi connectivity index (χ4n) is 4.88. The van der Waals surface area contributed by atoms with Crippen LogP contribution in [0.3, 0.4) is 0 Å². The van der Waals surface area contributed by atoms with Gasteiger partial charge in [0, 0.05) is 6.54 Å². The van der Waals surface area contributed by atoms with Crippen LogP contribution >= 0.6 is 0 Å². The van der Waals surface area contributed by atoms with Crippen LogP contribution in [0.15, 0.2) is 30.5 Å². The van der Waals surface area contributed by atoms with Crippen molar-refractivity contribution in [2.75, 3.05) is 13.7 Å². The first kappa shape index (κ1) is 27.2. The normalized spacial score (nSPS) is 23.4. The summed E-state index contributed by atoms with van der Waals surface area (Å²) in [4.78, 5) is 35.3. The van der Waals surface area contributed by atoms with Crippen LogP contribution in [0.4, 0.5) is 4.79 Å². The quantitative estimate of drug-likeness (QED) is 0.575. The van der Waals surface area contributed by atoms with E-state index in [2.05, 4.69) is 22.2 Å². The van der Waals surface area contributed by atoms with Crippen LogP contribution in [0.5, 0.6) is 0 Å². The minimum Gasteiger partial charge on any atom is -0.453 e. The Morgan fingerprint density at radius 3 is 2.35 bits per heavy atom. The number of alkyl carbamates (subject to hydrolysis) is 1. The molecule has 1 aromatic heterocycles. The first-order valence-corrected chi connectivity index (χ1v) is 13.0. The summed E-state index contributed by atoms with van der Waals surface area (Å²) in [5.41, 5.74) is 2.03. The predicted molar refractivity (Wildman–Crippen MR) is 142 cm³/mol. The molecule has 2 aliphatic heterocycles. The Balaban J connectivity index is 1.51. The van der Waals surface area contributed by atoms with E-state index in [1.807, 2.05) is 70.7 Å². The minimum absolute atomic E-state index is 0.0854. The zero-order chi connectivity index (χ0) is 27.1. The minimum atomic E-state index is -0.669. The van der Waals surface area contributed by atoms with Crippen LogP contribution in [0.2, 0.25) is 0 Å². The molecule has 2 amide bonds. The largest absolute Gasteiger partial charge is 0.494 e. The summed E-state index contributed by atoms with van der Waals surface area (Å²) in [6.07, 6.45) is 1.99. The summed E-state index contributed by atoms with van der Waals surface area (Å²) in [6.45, 7) is 14.7. The lowest BCUT2D eigenvalue weighted by molar-refractivity contribution is -0.135. The van der Waals surface area contributed by atoms with Crippen molar-refractivity contribution in [3.05, 3.63) is 36.3 Å². The number of methoxy groups -OCH3 is 1. The molecule has 3 atom stereocenters. The van der Waals surface area contributed by atoms with Gasteiger partial charge in [-0.05, 0) is 57.0 Å². The molecule has 2 aliphatic rings. The maximum atomic E-state index is 13.5. The molecule has 0 bridgehead atoms. The molecule has 3 heterocycles. The first-order valence-electron chi connectivity index (χ1n) is 13.0. The van der Waals surface area contributed by atoms with Gasteiger partial charge in [-0.25, -0.2) is 9.78 Å². The number of likely N-dealkylation sites (tertiary alicyclic amines) is 1. The number of imidazole rings is 1. The van der Waals surface area contributed by atoms with Gasteiger partial charge in [0.25, 0.3) is 0 Å². The highest BCUT2D eigenvalue weighted by Crippen LogP contribution is 2.37. The van der Waals surface area contributed by atoms with E-state index in [0.717, 1.165) is 29.0 Å².